The summed E-state index contributed by atoms with van der Waals surface area (Å²) >= 11 is 0. The lowest BCUT2D eigenvalue weighted by molar-refractivity contribution is -0.00889. The highest BCUT2D eigenvalue weighted by atomic mass is 16.7. The average Bonchev–Trinajstić information content (AvgIpc) is 2.84. The van der Waals surface area contributed by atoms with Gasteiger partial charge in [-0.15, -0.1) is 0 Å². The van der Waals surface area contributed by atoms with Gasteiger partial charge in [0.05, 0.1) is 0 Å². The Morgan fingerprint density at radius 2 is 1.59 bits per heavy atom. The van der Waals surface area contributed by atoms with E-state index in [1.54, 1.807) is 5.48 Å². The molecule has 3 aromatic rings. The lowest BCUT2D eigenvalue weighted by atomic mass is 9.98. The third-order valence-electron chi connectivity index (χ3n) is 5.57. The molecule has 0 saturated carbocycles. The molecule has 168 valence electrons. The standard InChI is InChI=1S/C25H29N3O4/c1-4-28(5-2)16-22-15-21(14-20-8-6-7-9-23(20)22)17(3)32-27-25(30)19-12-10-18(11-13-19)24(29)26-31/h6-15,17,31H,4-5,16H2,1-3H3,(H,26,29)(H,27,30). The van der Waals surface area contributed by atoms with Crippen LogP contribution >= 0.6 is 0 Å². The molecule has 0 spiro atoms. The van der Waals surface area contributed by atoms with Crippen LogP contribution in [0.4, 0.5) is 0 Å². The maximum Gasteiger partial charge on any atom is 0.274 e. The van der Waals surface area contributed by atoms with Crippen LogP contribution in [0, 0.1) is 0 Å². The molecule has 0 aliphatic carbocycles. The van der Waals surface area contributed by atoms with E-state index in [4.69, 9.17) is 10.0 Å². The molecule has 1 unspecified atom stereocenters. The second kappa shape index (κ2) is 10.9. The molecule has 0 radical (unpaired) electrons. The van der Waals surface area contributed by atoms with Crippen molar-refractivity contribution in [1.82, 2.24) is 15.9 Å². The van der Waals surface area contributed by atoms with Gasteiger partial charge in [0.2, 0.25) is 0 Å². The molecule has 0 aromatic heterocycles. The van der Waals surface area contributed by atoms with Crippen molar-refractivity contribution in [3.05, 3.63) is 82.9 Å². The lowest BCUT2D eigenvalue weighted by Crippen LogP contribution is -2.26. The minimum atomic E-state index is -0.640. The van der Waals surface area contributed by atoms with E-state index < -0.39 is 11.8 Å². The summed E-state index contributed by atoms with van der Waals surface area (Å²) in [4.78, 5) is 31.9. The van der Waals surface area contributed by atoms with Crippen LogP contribution in [0.15, 0.2) is 60.7 Å². The van der Waals surface area contributed by atoms with Gasteiger partial charge in [0.1, 0.15) is 6.10 Å². The Bertz CT molecular complexity index is 1080. The molecule has 3 N–H and O–H groups in total. The first-order valence-corrected chi connectivity index (χ1v) is 10.7. The molecule has 0 saturated heterocycles. The highest BCUT2D eigenvalue weighted by Crippen LogP contribution is 2.27. The smallest absolute Gasteiger partial charge is 0.274 e. The van der Waals surface area contributed by atoms with Crippen molar-refractivity contribution in [2.24, 2.45) is 0 Å². The predicted octanol–water partition coefficient (Wildman–Crippen LogP) is 4.22. The number of carbonyl (C=O) groups excluding carboxylic acids is 2. The Balaban J connectivity index is 1.74. The molecule has 7 heteroatoms. The zero-order valence-electron chi connectivity index (χ0n) is 18.6. The van der Waals surface area contributed by atoms with Crippen LogP contribution in [-0.4, -0.2) is 35.0 Å². The molecule has 32 heavy (non-hydrogen) atoms. The molecule has 0 fully saturated rings. The molecular weight excluding hydrogens is 406 g/mol. The van der Waals surface area contributed by atoms with Crippen LogP contribution in [0.25, 0.3) is 10.8 Å². The molecule has 1 atom stereocenters. The Kier molecular flexibility index (Phi) is 7.94. The average molecular weight is 436 g/mol. The van der Waals surface area contributed by atoms with E-state index in [9.17, 15) is 9.59 Å². The highest BCUT2D eigenvalue weighted by Gasteiger charge is 2.15. The Morgan fingerprint density at radius 1 is 0.969 bits per heavy atom. The van der Waals surface area contributed by atoms with Gasteiger partial charge in [-0.05, 0) is 72.2 Å². The van der Waals surface area contributed by atoms with Crippen molar-refractivity contribution in [2.75, 3.05) is 13.1 Å². The molecule has 3 rings (SSSR count). The van der Waals surface area contributed by atoms with Gasteiger partial charge >= 0.3 is 0 Å². The first kappa shape index (κ1) is 23.4. The van der Waals surface area contributed by atoms with Crippen molar-refractivity contribution in [1.29, 1.82) is 0 Å². The SMILES string of the molecule is CCN(CC)Cc1cc(C(C)ONC(=O)c2ccc(C(=O)NO)cc2)cc2ccccc12. The van der Waals surface area contributed by atoms with Crippen molar-refractivity contribution < 1.29 is 19.6 Å². The lowest BCUT2D eigenvalue weighted by Gasteiger charge is -2.21. The van der Waals surface area contributed by atoms with Gasteiger partial charge in [0.25, 0.3) is 11.8 Å². The number of carbonyl (C=O) groups is 2. The van der Waals surface area contributed by atoms with Gasteiger partial charge in [-0.1, -0.05) is 44.2 Å². The van der Waals surface area contributed by atoms with E-state index in [2.05, 4.69) is 48.5 Å². The van der Waals surface area contributed by atoms with Crippen LogP contribution in [0.5, 0.6) is 0 Å². The topological polar surface area (TPSA) is 90.9 Å². The fraction of sp³-hybridized carbons (Fsp3) is 0.280. The summed E-state index contributed by atoms with van der Waals surface area (Å²) in [7, 11) is 0. The molecule has 2 amide bonds. The van der Waals surface area contributed by atoms with Crippen molar-refractivity contribution in [3.8, 4) is 0 Å². The van der Waals surface area contributed by atoms with E-state index >= 15 is 0 Å². The molecular formula is C25H29N3O4. The van der Waals surface area contributed by atoms with Crippen LogP contribution in [0.3, 0.4) is 0 Å². The van der Waals surface area contributed by atoms with Crippen LogP contribution < -0.4 is 11.0 Å². The monoisotopic (exact) mass is 435 g/mol. The third-order valence-corrected chi connectivity index (χ3v) is 5.57. The van der Waals surface area contributed by atoms with Gasteiger partial charge in [-0.3, -0.25) is 24.5 Å². The summed E-state index contributed by atoms with van der Waals surface area (Å²) in [6.45, 7) is 8.97. The Morgan fingerprint density at radius 3 is 2.22 bits per heavy atom. The van der Waals surface area contributed by atoms with Crippen molar-refractivity contribution in [3.63, 3.8) is 0 Å². The molecule has 3 aromatic carbocycles. The number of hydrogen-bond donors (Lipinski definition) is 3. The van der Waals surface area contributed by atoms with Crippen molar-refractivity contribution >= 4 is 22.6 Å². The first-order valence-electron chi connectivity index (χ1n) is 10.7. The zero-order chi connectivity index (χ0) is 23.1. The number of hydroxylamine groups is 2. The summed E-state index contributed by atoms with van der Waals surface area (Å²) in [6.07, 6.45) is -0.363. The Hall–Kier alpha value is -3.26. The van der Waals surface area contributed by atoms with Crippen LogP contribution in [0.1, 0.15) is 58.7 Å². The third kappa shape index (κ3) is 5.50. The number of rotatable bonds is 9. The Labute approximate surface area is 187 Å². The molecule has 7 nitrogen and oxygen atoms in total. The maximum atomic E-state index is 12.4. The number of hydrogen-bond acceptors (Lipinski definition) is 5. The second-order valence-electron chi connectivity index (χ2n) is 7.57. The number of nitrogens with one attached hydrogen (secondary N) is 2. The maximum absolute atomic E-state index is 12.4. The summed E-state index contributed by atoms with van der Waals surface area (Å²) in [5, 5.41) is 11.0. The van der Waals surface area contributed by atoms with Crippen LogP contribution in [0.2, 0.25) is 0 Å². The largest absolute Gasteiger partial charge is 0.300 e. The number of amides is 2. The normalized spacial score (nSPS) is 12.0. The van der Waals surface area contributed by atoms with Gasteiger partial charge in [0.15, 0.2) is 0 Å². The van der Waals surface area contributed by atoms with E-state index in [1.165, 1.54) is 35.2 Å². The number of benzene rings is 3. The number of nitrogens with zero attached hydrogens (tertiary/aromatic N) is 1. The summed E-state index contributed by atoms with van der Waals surface area (Å²) in [5.74, 6) is -1.06. The second-order valence-corrected chi connectivity index (χ2v) is 7.57. The molecule has 0 bridgehead atoms. The van der Waals surface area contributed by atoms with Crippen LogP contribution in [-0.2, 0) is 11.4 Å². The van der Waals surface area contributed by atoms with Gasteiger partial charge in [0, 0.05) is 17.7 Å². The van der Waals surface area contributed by atoms with Gasteiger partial charge in [-0.25, -0.2) is 11.0 Å². The quantitative estimate of drug-likeness (QED) is 0.346. The minimum Gasteiger partial charge on any atom is -0.300 e. The number of fused-ring (bicyclic) bond motifs is 1. The fourth-order valence-corrected chi connectivity index (χ4v) is 3.58. The molecule has 0 aliphatic heterocycles. The molecule has 0 heterocycles. The van der Waals surface area contributed by atoms with Crippen molar-refractivity contribution in [2.45, 2.75) is 33.4 Å². The fourth-order valence-electron chi connectivity index (χ4n) is 3.58. The zero-order valence-corrected chi connectivity index (χ0v) is 18.6. The minimum absolute atomic E-state index is 0.246. The summed E-state index contributed by atoms with van der Waals surface area (Å²) in [5.41, 5.74) is 6.83. The highest BCUT2D eigenvalue weighted by molar-refractivity contribution is 5.97. The van der Waals surface area contributed by atoms with E-state index in [-0.39, 0.29) is 11.7 Å². The van der Waals surface area contributed by atoms with Gasteiger partial charge in [-0.2, -0.15) is 0 Å². The van der Waals surface area contributed by atoms with E-state index in [1.807, 2.05) is 19.1 Å². The van der Waals surface area contributed by atoms with E-state index in [0.29, 0.717) is 5.56 Å². The predicted molar refractivity (Wildman–Crippen MR) is 123 cm³/mol. The summed E-state index contributed by atoms with van der Waals surface area (Å²) in [6, 6.07) is 18.4. The first-order chi connectivity index (χ1) is 15.5. The van der Waals surface area contributed by atoms with E-state index in [0.717, 1.165) is 30.6 Å². The molecule has 0 aliphatic rings. The summed E-state index contributed by atoms with van der Waals surface area (Å²) < 4.78 is 0. The van der Waals surface area contributed by atoms with Gasteiger partial charge < -0.3 is 0 Å².